The molecule has 0 bridgehead atoms. The zero-order valence-corrected chi connectivity index (χ0v) is 11.9. The van der Waals surface area contributed by atoms with E-state index in [1.165, 1.54) is 0 Å². The van der Waals surface area contributed by atoms with Gasteiger partial charge in [-0.15, -0.1) is 12.6 Å². The summed E-state index contributed by atoms with van der Waals surface area (Å²) >= 11 is 4.31. The molecule has 0 N–H and O–H groups in total. The molecule has 2 rings (SSSR count). The van der Waals surface area contributed by atoms with Gasteiger partial charge in [-0.05, 0) is 31.2 Å². The topological polar surface area (TPSA) is 33.2 Å². The van der Waals surface area contributed by atoms with Crippen LogP contribution in [0.4, 0.5) is 0 Å². The van der Waals surface area contributed by atoms with Crippen molar-refractivity contribution in [2.75, 3.05) is 7.05 Å². The molecule has 2 aromatic rings. The molecular formula is C15H16N2OS. The molecule has 98 valence electrons. The molecule has 0 fully saturated rings. The molecule has 1 aromatic carbocycles. The maximum atomic E-state index is 12.3. The molecule has 0 aliphatic heterocycles. The van der Waals surface area contributed by atoms with E-state index in [0.717, 1.165) is 11.4 Å². The van der Waals surface area contributed by atoms with Crippen LogP contribution in [0.2, 0.25) is 0 Å². The number of hydrogen-bond acceptors (Lipinski definition) is 3. The SMILES string of the molecule is Cc1cccc(CN(C)C(=O)c2ccccc2S)n1. The van der Waals surface area contributed by atoms with Crippen LogP contribution in [0.5, 0.6) is 0 Å². The van der Waals surface area contributed by atoms with Gasteiger partial charge in [0, 0.05) is 17.6 Å². The van der Waals surface area contributed by atoms with Gasteiger partial charge < -0.3 is 4.90 Å². The van der Waals surface area contributed by atoms with Crippen molar-refractivity contribution < 1.29 is 4.79 Å². The first-order valence-electron chi connectivity index (χ1n) is 6.04. The number of carbonyl (C=O) groups is 1. The van der Waals surface area contributed by atoms with Crippen LogP contribution < -0.4 is 0 Å². The van der Waals surface area contributed by atoms with E-state index in [9.17, 15) is 4.79 Å². The monoisotopic (exact) mass is 272 g/mol. The van der Waals surface area contributed by atoms with Crippen molar-refractivity contribution in [3.63, 3.8) is 0 Å². The second kappa shape index (κ2) is 5.89. The fraction of sp³-hybridized carbons (Fsp3) is 0.200. The second-order valence-corrected chi connectivity index (χ2v) is 4.93. The van der Waals surface area contributed by atoms with Gasteiger partial charge >= 0.3 is 0 Å². The van der Waals surface area contributed by atoms with Gasteiger partial charge in [-0.25, -0.2) is 0 Å². The first kappa shape index (κ1) is 13.6. The Hall–Kier alpha value is -1.81. The van der Waals surface area contributed by atoms with E-state index in [2.05, 4.69) is 17.6 Å². The summed E-state index contributed by atoms with van der Waals surface area (Å²) < 4.78 is 0. The first-order valence-corrected chi connectivity index (χ1v) is 6.48. The summed E-state index contributed by atoms with van der Waals surface area (Å²) in [5.74, 6) is -0.0473. The van der Waals surface area contributed by atoms with Gasteiger partial charge in [-0.3, -0.25) is 9.78 Å². The number of aryl methyl sites for hydroxylation is 1. The maximum absolute atomic E-state index is 12.3. The molecule has 1 amide bonds. The van der Waals surface area contributed by atoms with Crippen LogP contribution in [0.15, 0.2) is 47.4 Å². The zero-order chi connectivity index (χ0) is 13.8. The summed E-state index contributed by atoms with van der Waals surface area (Å²) in [4.78, 5) is 19.0. The van der Waals surface area contributed by atoms with Gasteiger partial charge in [0.15, 0.2) is 0 Å². The van der Waals surface area contributed by atoms with Crippen LogP contribution in [0.1, 0.15) is 21.7 Å². The Morgan fingerprint density at radius 3 is 2.63 bits per heavy atom. The molecule has 1 aromatic heterocycles. The van der Waals surface area contributed by atoms with Gasteiger partial charge in [0.05, 0.1) is 17.8 Å². The fourth-order valence-electron chi connectivity index (χ4n) is 1.86. The zero-order valence-electron chi connectivity index (χ0n) is 11.0. The maximum Gasteiger partial charge on any atom is 0.255 e. The number of hydrogen-bond donors (Lipinski definition) is 1. The highest BCUT2D eigenvalue weighted by Gasteiger charge is 2.14. The van der Waals surface area contributed by atoms with E-state index in [0.29, 0.717) is 17.0 Å². The molecule has 0 saturated carbocycles. The number of carbonyl (C=O) groups excluding carboxylic acids is 1. The highest BCUT2D eigenvalue weighted by molar-refractivity contribution is 7.80. The van der Waals surface area contributed by atoms with E-state index in [4.69, 9.17) is 0 Å². The lowest BCUT2D eigenvalue weighted by molar-refractivity contribution is 0.0780. The summed E-state index contributed by atoms with van der Waals surface area (Å²) in [6.45, 7) is 2.43. The smallest absolute Gasteiger partial charge is 0.255 e. The first-order chi connectivity index (χ1) is 9.08. The average molecular weight is 272 g/mol. The number of pyridine rings is 1. The lowest BCUT2D eigenvalue weighted by Gasteiger charge is -2.17. The van der Waals surface area contributed by atoms with Crippen molar-refractivity contribution in [2.45, 2.75) is 18.4 Å². The predicted octanol–water partition coefficient (Wildman–Crippen LogP) is 2.95. The molecule has 0 spiro atoms. The van der Waals surface area contributed by atoms with Crippen LogP contribution in [0.25, 0.3) is 0 Å². The van der Waals surface area contributed by atoms with Crippen molar-refractivity contribution in [2.24, 2.45) is 0 Å². The third-order valence-electron chi connectivity index (χ3n) is 2.83. The van der Waals surface area contributed by atoms with Crippen molar-refractivity contribution in [1.82, 2.24) is 9.88 Å². The van der Waals surface area contributed by atoms with E-state index in [1.807, 2.05) is 43.3 Å². The fourth-order valence-corrected chi connectivity index (χ4v) is 2.12. The summed E-state index contributed by atoms with van der Waals surface area (Å²) in [5.41, 5.74) is 2.45. The van der Waals surface area contributed by atoms with Gasteiger partial charge in [0.25, 0.3) is 5.91 Å². The summed E-state index contributed by atoms with van der Waals surface area (Å²) in [5, 5.41) is 0. The molecule has 0 aliphatic carbocycles. The highest BCUT2D eigenvalue weighted by Crippen LogP contribution is 2.15. The molecule has 0 saturated heterocycles. The van der Waals surface area contributed by atoms with Crippen LogP contribution in [0.3, 0.4) is 0 Å². The van der Waals surface area contributed by atoms with Crippen molar-refractivity contribution in [3.05, 3.63) is 59.4 Å². The molecule has 0 radical (unpaired) electrons. The van der Waals surface area contributed by atoms with E-state index < -0.39 is 0 Å². The minimum Gasteiger partial charge on any atom is -0.336 e. The number of rotatable bonds is 3. The molecule has 3 nitrogen and oxygen atoms in total. The minimum atomic E-state index is -0.0473. The highest BCUT2D eigenvalue weighted by atomic mass is 32.1. The lowest BCUT2D eigenvalue weighted by atomic mass is 10.2. The van der Waals surface area contributed by atoms with E-state index in [1.54, 1.807) is 18.0 Å². The Bertz CT molecular complexity index is 598. The Morgan fingerprint density at radius 1 is 1.21 bits per heavy atom. The number of benzene rings is 1. The van der Waals surface area contributed by atoms with Crippen molar-refractivity contribution in [1.29, 1.82) is 0 Å². The summed E-state index contributed by atoms with van der Waals surface area (Å²) in [7, 11) is 1.77. The normalized spacial score (nSPS) is 10.3. The molecule has 19 heavy (non-hydrogen) atoms. The lowest BCUT2D eigenvalue weighted by Crippen LogP contribution is -2.27. The van der Waals surface area contributed by atoms with Crippen LogP contribution >= 0.6 is 12.6 Å². The number of amides is 1. The largest absolute Gasteiger partial charge is 0.336 e. The number of nitrogens with zero attached hydrogens (tertiary/aromatic N) is 2. The molecule has 4 heteroatoms. The Labute approximate surface area is 118 Å². The summed E-state index contributed by atoms with van der Waals surface area (Å²) in [6, 6.07) is 13.1. The molecule has 0 unspecified atom stereocenters. The third-order valence-corrected chi connectivity index (χ3v) is 3.22. The third kappa shape index (κ3) is 3.35. The second-order valence-electron chi connectivity index (χ2n) is 4.45. The van der Waals surface area contributed by atoms with Crippen molar-refractivity contribution >= 4 is 18.5 Å². The molecule has 0 atom stereocenters. The number of thiol groups is 1. The van der Waals surface area contributed by atoms with E-state index >= 15 is 0 Å². The quantitative estimate of drug-likeness (QED) is 0.871. The van der Waals surface area contributed by atoms with Gasteiger partial charge in [-0.2, -0.15) is 0 Å². The molecular weight excluding hydrogens is 256 g/mol. The average Bonchev–Trinajstić information content (AvgIpc) is 2.38. The molecule has 0 aliphatic rings. The van der Waals surface area contributed by atoms with Crippen LogP contribution in [-0.2, 0) is 6.54 Å². The Morgan fingerprint density at radius 2 is 1.95 bits per heavy atom. The minimum absolute atomic E-state index is 0.0473. The van der Waals surface area contributed by atoms with E-state index in [-0.39, 0.29) is 5.91 Å². The van der Waals surface area contributed by atoms with Crippen molar-refractivity contribution in [3.8, 4) is 0 Å². The van der Waals surface area contributed by atoms with Gasteiger partial charge in [-0.1, -0.05) is 18.2 Å². The molecule has 1 heterocycles. The number of aromatic nitrogens is 1. The standard InChI is InChI=1S/C15H16N2OS/c1-11-6-5-7-12(16-11)10-17(2)15(18)13-8-3-4-9-14(13)19/h3-9,19H,10H2,1-2H3. The Balaban J connectivity index is 2.14. The predicted molar refractivity (Wildman–Crippen MR) is 78.5 cm³/mol. The van der Waals surface area contributed by atoms with Crippen LogP contribution in [-0.4, -0.2) is 22.8 Å². The van der Waals surface area contributed by atoms with Gasteiger partial charge in [0.1, 0.15) is 0 Å². The van der Waals surface area contributed by atoms with Gasteiger partial charge in [0.2, 0.25) is 0 Å². The van der Waals surface area contributed by atoms with Crippen LogP contribution in [0, 0.1) is 6.92 Å². The Kier molecular flexibility index (Phi) is 4.22. The summed E-state index contributed by atoms with van der Waals surface area (Å²) in [6.07, 6.45) is 0.